The van der Waals surface area contributed by atoms with Crippen molar-refractivity contribution in [2.45, 2.75) is 19.9 Å². The van der Waals surface area contributed by atoms with Crippen LogP contribution in [0.3, 0.4) is 0 Å². The van der Waals surface area contributed by atoms with Gasteiger partial charge in [0.05, 0.1) is 35.3 Å². The van der Waals surface area contributed by atoms with Crippen LogP contribution in [-0.4, -0.2) is 22.6 Å². The summed E-state index contributed by atoms with van der Waals surface area (Å²) in [7, 11) is 1.30. The maximum absolute atomic E-state index is 12.9. The Morgan fingerprint density at radius 1 is 1.24 bits per heavy atom. The molecule has 0 fully saturated rings. The smallest absolute Gasteiger partial charge is 0.339 e. The molecule has 1 atom stereocenters. The van der Waals surface area contributed by atoms with Crippen molar-refractivity contribution in [1.82, 2.24) is 9.55 Å². The van der Waals surface area contributed by atoms with Gasteiger partial charge in [-0.1, -0.05) is 23.7 Å². The van der Waals surface area contributed by atoms with E-state index in [2.05, 4.69) is 4.98 Å². The highest BCUT2D eigenvalue weighted by atomic mass is 35.5. The van der Waals surface area contributed by atoms with Gasteiger partial charge in [-0.2, -0.15) is 0 Å². The Morgan fingerprint density at radius 3 is 2.56 bits per heavy atom. The fourth-order valence-electron chi connectivity index (χ4n) is 2.80. The zero-order valence-corrected chi connectivity index (χ0v) is 14.9. The summed E-state index contributed by atoms with van der Waals surface area (Å²) in [6.45, 7) is 3.65. The van der Waals surface area contributed by atoms with Crippen molar-refractivity contribution in [2.75, 3.05) is 7.11 Å². The number of nitrogens with zero attached hydrogens (tertiary/aromatic N) is 2. The number of aryl methyl sites for hydroxylation is 1. The molecule has 5 nitrogen and oxygen atoms in total. The number of benzene rings is 1. The normalized spacial score (nSPS) is 12.2. The summed E-state index contributed by atoms with van der Waals surface area (Å²) < 4.78 is 6.38. The Balaban J connectivity index is 2.16. The van der Waals surface area contributed by atoms with Gasteiger partial charge in [0.1, 0.15) is 0 Å². The first-order chi connectivity index (χ1) is 11.9. The minimum Gasteiger partial charge on any atom is -0.465 e. The van der Waals surface area contributed by atoms with E-state index in [1.54, 1.807) is 42.0 Å². The van der Waals surface area contributed by atoms with Crippen LogP contribution in [0, 0.1) is 6.92 Å². The largest absolute Gasteiger partial charge is 0.465 e. The molecule has 25 heavy (non-hydrogen) atoms. The number of ether oxygens (including phenoxy) is 1. The number of hydrogen-bond acceptors (Lipinski definition) is 4. The summed E-state index contributed by atoms with van der Waals surface area (Å²) in [5.74, 6) is -0.507. The van der Waals surface area contributed by atoms with Gasteiger partial charge in [-0.3, -0.25) is 9.78 Å². The third-order valence-electron chi connectivity index (χ3n) is 4.28. The zero-order chi connectivity index (χ0) is 18.1. The second-order valence-electron chi connectivity index (χ2n) is 5.80. The summed E-state index contributed by atoms with van der Waals surface area (Å²) in [5.41, 5.74) is 2.12. The molecule has 128 valence electrons. The van der Waals surface area contributed by atoms with E-state index in [1.165, 1.54) is 7.11 Å². The van der Waals surface area contributed by atoms with Gasteiger partial charge in [0.25, 0.3) is 5.56 Å². The van der Waals surface area contributed by atoms with Gasteiger partial charge < -0.3 is 9.30 Å². The van der Waals surface area contributed by atoms with Crippen molar-refractivity contribution in [2.24, 2.45) is 0 Å². The van der Waals surface area contributed by atoms with Crippen molar-refractivity contribution < 1.29 is 9.53 Å². The summed E-state index contributed by atoms with van der Waals surface area (Å²) >= 11 is 5.93. The first-order valence-corrected chi connectivity index (χ1v) is 8.16. The molecular weight excluding hydrogens is 340 g/mol. The number of carbonyl (C=O) groups excluding carboxylic acids is 1. The highest BCUT2D eigenvalue weighted by Gasteiger charge is 2.16. The molecule has 0 N–H and O–H groups in total. The van der Waals surface area contributed by atoms with Crippen LogP contribution in [0.15, 0.2) is 47.4 Å². The van der Waals surface area contributed by atoms with Gasteiger partial charge in [0.2, 0.25) is 0 Å². The van der Waals surface area contributed by atoms with Crippen LogP contribution in [0.1, 0.15) is 34.6 Å². The molecule has 1 aromatic carbocycles. The van der Waals surface area contributed by atoms with Gasteiger partial charge in [-0.05, 0) is 43.7 Å². The fraction of sp³-hybridized carbons (Fsp3) is 0.211. The molecular formula is C19H17ClN2O3. The molecule has 6 heteroatoms. The molecule has 0 aliphatic rings. The van der Waals surface area contributed by atoms with E-state index in [-0.39, 0.29) is 11.6 Å². The predicted molar refractivity (Wildman–Crippen MR) is 97.3 cm³/mol. The molecule has 3 rings (SSSR count). The number of carbonyl (C=O) groups is 1. The monoisotopic (exact) mass is 356 g/mol. The van der Waals surface area contributed by atoms with Gasteiger partial charge in [-0.25, -0.2) is 4.79 Å². The van der Waals surface area contributed by atoms with Crippen LogP contribution in [-0.2, 0) is 4.74 Å². The molecule has 0 bridgehead atoms. The molecule has 2 heterocycles. The number of aromatic nitrogens is 2. The standard InChI is InChI=1S/C19H17ClN2O3/c1-11-15(19(24)25-3)10-16-17(21-11)8-9-22(18(16)23)12(2)13-4-6-14(20)7-5-13/h4-10,12H,1-3H3/t12-/m0/s1. The highest BCUT2D eigenvalue weighted by Crippen LogP contribution is 2.21. The maximum Gasteiger partial charge on any atom is 0.339 e. The Labute approximate surface area is 149 Å². The third kappa shape index (κ3) is 3.15. The van der Waals surface area contributed by atoms with E-state index < -0.39 is 5.97 Å². The first kappa shape index (κ1) is 17.2. The van der Waals surface area contributed by atoms with Crippen LogP contribution in [0.5, 0.6) is 0 Å². The number of methoxy groups -OCH3 is 1. The molecule has 0 unspecified atom stereocenters. The van der Waals surface area contributed by atoms with Gasteiger partial charge in [0, 0.05) is 11.2 Å². The number of esters is 1. The Morgan fingerprint density at radius 2 is 1.92 bits per heavy atom. The minimum atomic E-state index is -0.507. The number of fused-ring (bicyclic) bond motifs is 1. The second-order valence-corrected chi connectivity index (χ2v) is 6.24. The van der Waals surface area contributed by atoms with Crippen molar-refractivity contribution in [3.8, 4) is 0 Å². The third-order valence-corrected chi connectivity index (χ3v) is 4.53. The number of hydrogen-bond donors (Lipinski definition) is 0. The summed E-state index contributed by atoms with van der Waals surface area (Å²) in [5, 5.41) is 1.03. The molecule has 0 aliphatic heterocycles. The van der Waals surface area contributed by atoms with E-state index in [1.807, 2.05) is 19.1 Å². The molecule has 2 aromatic heterocycles. The lowest BCUT2D eigenvalue weighted by Crippen LogP contribution is -2.24. The fourth-order valence-corrected chi connectivity index (χ4v) is 2.93. The van der Waals surface area contributed by atoms with Crippen LogP contribution >= 0.6 is 11.6 Å². The van der Waals surface area contributed by atoms with Crippen molar-refractivity contribution in [3.05, 3.63) is 74.8 Å². The summed E-state index contributed by atoms with van der Waals surface area (Å²) in [6, 6.07) is 10.5. The Hall–Kier alpha value is -2.66. The Kier molecular flexibility index (Phi) is 4.59. The number of pyridine rings is 2. The van der Waals surface area contributed by atoms with Crippen LogP contribution in [0.2, 0.25) is 5.02 Å². The van der Waals surface area contributed by atoms with E-state index in [0.717, 1.165) is 5.56 Å². The van der Waals surface area contributed by atoms with Crippen molar-refractivity contribution in [3.63, 3.8) is 0 Å². The number of rotatable bonds is 3. The highest BCUT2D eigenvalue weighted by molar-refractivity contribution is 6.30. The van der Waals surface area contributed by atoms with Gasteiger partial charge in [0.15, 0.2) is 0 Å². The second kappa shape index (κ2) is 6.69. The summed E-state index contributed by atoms with van der Waals surface area (Å²) in [4.78, 5) is 29.2. The summed E-state index contributed by atoms with van der Waals surface area (Å²) in [6.07, 6.45) is 1.72. The Bertz CT molecular complexity index is 1010. The van der Waals surface area contributed by atoms with E-state index in [0.29, 0.717) is 27.2 Å². The van der Waals surface area contributed by atoms with Crippen LogP contribution in [0.25, 0.3) is 10.9 Å². The van der Waals surface area contributed by atoms with Crippen LogP contribution < -0.4 is 5.56 Å². The predicted octanol–water partition coefficient (Wildman–Crippen LogP) is 3.75. The van der Waals surface area contributed by atoms with E-state index in [9.17, 15) is 9.59 Å². The molecule has 0 radical (unpaired) electrons. The van der Waals surface area contributed by atoms with E-state index >= 15 is 0 Å². The number of halogens is 1. The minimum absolute atomic E-state index is 0.183. The van der Waals surface area contributed by atoms with Gasteiger partial charge >= 0.3 is 5.97 Å². The molecule has 0 spiro atoms. The average molecular weight is 357 g/mol. The van der Waals surface area contributed by atoms with Crippen molar-refractivity contribution >= 4 is 28.5 Å². The van der Waals surface area contributed by atoms with Crippen LogP contribution in [0.4, 0.5) is 0 Å². The molecule has 0 aliphatic carbocycles. The van der Waals surface area contributed by atoms with Crippen molar-refractivity contribution in [1.29, 1.82) is 0 Å². The van der Waals surface area contributed by atoms with Gasteiger partial charge in [-0.15, -0.1) is 0 Å². The lowest BCUT2D eigenvalue weighted by atomic mass is 10.1. The molecule has 0 saturated carbocycles. The molecule has 0 amide bonds. The lowest BCUT2D eigenvalue weighted by molar-refractivity contribution is 0.0599. The lowest BCUT2D eigenvalue weighted by Gasteiger charge is -2.16. The zero-order valence-electron chi connectivity index (χ0n) is 14.1. The first-order valence-electron chi connectivity index (χ1n) is 7.78. The quantitative estimate of drug-likeness (QED) is 0.670. The SMILES string of the molecule is COC(=O)c1cc2c(=O)n([C@@H](C)c3ccc(Cl)cc3)ccc2nc1C. The average Bonchev–Trinajstić information content (AvgIpc) is 2.61. The molecule has 3 aromatic rings. The topological polar surface area (TPSA) is 61.2 Å². The van der Waals surface area contributed by atoms with E-state index in [4.69, 9.17) is 16.3 Å². The maximum atomic E-state index is 12.9. The molecule has 0 saturated heterocycles.